The second kappa shape index (κ2) is 9.33. The minimum Gasteiger partial charge on any atom is -0.468 e. The summed E-state index contributed by atoms with van der Waals surface area (Å²) in [5.74, 6) is -0.963. The van der Waals surface area contributed by atoms with Crippen LogP contribution in [0.1, 0.15) is 21.5 Å². The first-order valence-electron chi connectivity index (χ1n) is 7.89. The Labute approximate surface area is 165 Å². The minimum absolute atomic E-state index is 0.140. The van der Waals surface area contributed by atoms with Crippen molar-refractivity contribution in [3.63, 3.8) is 0 Å². The average molecular weight is 466 g/mol. The molecule has 0 saturated carbocycles. The molecule has 0 aliphatic heterocycles. The zero-order chi connectivity index (χ0) is 19.1. The summed E-state index contributed by atoms with van der Waals surface area (Å²) in [7, 11) is 1.26. The summed E-state index contributed by atoms with van der Waals surface area (Å²) in [6.07, 6.45) is 0.140. The number of esters is 1. The molecule has 2 aromatic rings. The number of aryl methyl sites for hydroxylation is 1. The molecule has 136 valence electrons. The number of benzene rings is 2. The summed E-state index contributed by atoms with van der Waals surface area (Å²) < 4.78 is 5.49. The highest BCUT2D eigenvalue weighted by Gasteiger charge is 2.09. The van der Waals surface area contributed by atoms with Gasteiger partial charge in [0, 0.05) is 14.8 Å². The maximum absolute atomic E-state index is 12.3. The number of anilines is 1. The molecule has 6 nitrogen and oxygen atoms in total. The second-order valence-corrected chi connectivity index (χ2v) is 6.81. The molecule has 0 unspecified atom stereocenters. The van der Waals surface area contributed by atoms with Crippen LogP contribution in [0.5, 0.6) is 0 Å². The Balaban J connectivity index is 1.92. The zero-order valence-corrected chi connectivity index (χ0v) is 16.6. The van der Waals surface area contributed by atoms with Crippen LogP contribution in [0, 0.1) is 10.5 Å². The normalized spacial score (nSPS) is 10.1. The molecular weight excluding hydrogens is 447 g/mol. The molecule has 0 aliphatic carbocycles. The molecule has 0 aromatic heterocycles. The van der Waals surface area contributed by atoms with Gasteiger partial charge in [-0.05, 0) is 64.9 Å². The predicted octanol–water partition coefficient (Wildman–Crippen LogP) is 2.68. The van der Waals surface area contributed by atoms with E-state index in [9.17, 15) is 14.4 Å². The Morgan fingerprint density at radius 3 is 2.38 bits per heavy atom. The first-order chi connectivity index (χ1) is 12.4. The van der Waals surface area contributed by atoms with Crippen molar-refractivity contribution in [3.8, 4) is 0 Å². The summed E-state index contributed by atoms with van der Waals surface area (Å²) >= 11 is 2.20. The van der Waals surface area contributed by atoms with Crippen molar-refractivity contribution in [2.24, 2.45) is 0 Å². The van der Waals surface area contributed by atoms with Crippen molar-refractivity contribution in [2.75, 3.05) is 19.0 Å². The van der Waals surface area contributed by atoms with Crippen LogP contribution < -0.4 is 10.6 Å². The molecule has 2 amide bonds. The zero-order valence-electron chi connectivity index (χ0n) is 14.5. The fourth-order valence-corrected chi connectivity index (χ4v) is 2.65. The number of rotatable bonds is 6. The highest BCUT2D eigenvalue weighted by molar-refractivity contribution is 14.1. The van der Waals surface area contributed by atoms with E-state index < -0.39 is 5.97 Å². The van der Waals surface area contributed by atoms with E-state index in [1.54, 1.807) is 30.3 Å². The number of methoxy groups -OCH3 is 1. The molecule has 0 bridgehead atoms. The molecule has 2 N–H and O–H groups in total. The number of carbonyl (C=O) groups excluding carboxylic acids is 3. The maximum Gasteiger partial charge on any atom is 0.325 e. The number of halogens is 1. The summed E-state index contributed by atoms with van der Waals surface area (Å²) in [4.78, 5) is 35.0. The number of carbonyl (C=O) groups is 3. The van der Waals surface area contributed by atoms with Crippen molar-refractivity contribution in [1.82, 2.24) is 5.32 Å². The van der Waals surface area contributed by atoms with E-state index in [1.807, 2.05) is 19.1 Å². The van der Waals surface area contributed by atoms with E-state index in [0.717, 1.165) is 14.7 Å². The van der Waals surface area contributed by atoms with Crippen LogP contribution in [0.2, 0.25) is 0 Å². The van der Waals surface area contributed by atoms with Gasteiger partial charge in [0.15, 0.2) is 0 Å². The topological polar surface area (TPSA) is 84.5 Å². The first-order valence-corrected chi connectivity index (χ1v) is 8.97. The largest absolute Gasteiger partial charge is 0.468 e. The van der Waals surface area contributed by atoms with Crippen LogP contribution in [0.4, 0.5) is 5.69 Å². The molecule has 26 heavy (non-hydrogen) atoms. The van der Waals surface area contributed by atoms with E-state index in [1.165, 1.54) is 7.11 Å². The monoisotopic (exact) mass is 466 g/mol. The number of ether oxygens (including phenoxy) is 1. The minimum atomic E-state index is -0.498. The van der Waals surface area contributed by atoms with Gasteiger partial charge >= 0.3 is 5.97 Å². The summed E-state index contributed by atoms with van der Waals surface area (Å²) in [5.41, 5.74) is 3.13. The third-order valence-electron chi connectivity index (χ3n) is 3.67. The molecule has 0 atom stereocenters. The molecular formula is C19H19IN2O4. The molecule has 0 fully saturated rings. The third-order valence-corrected chi connectivity index (χ3v) is 4.83. The first kappa shape index (κ1) is 19.9. The lowest BCUT2D eigenvalue weighted by Gasteiger charge is -2.08. The highest BCUT2D eigenvalue weighted by Crippen LogP contribution is 2.16. The van der Waals surface area contributed by atoms with Crippen LogP contribution in [-0.4, -0.2) is 31.4 Å². The standard InChI is InChI=1S/C19H19IN2O4/c1-12-3-6-14(10-16(12)20)19(25)22-15-7-4-13(5-8-15)9-17(23)21-11-18(24)26-2/h3-8,10H,9,11H2,1-2H3,(H,21,23)(H,22,25). The van der Waals surface area contributed by atoms with E-state index in [0.29, 0.717) is 11.3 Å². The van der Waals surface area contributed by atoms with Gasteiger partial charge < -0.3 is 15.4 Å². The van der Waals surface area contributed by atoms with Crippen molar-refractivity contribution in [2.45, 2.75) is 13.3 Å². The van der Waals surface area contributed by atoms with Crippen LogP contribution >= 0.6 is 22.6 Å². The molecule has 2 rings (SSSR count). The number of nitrogens with one attached hydrogen (secondary N) is 2. The van der Waals surface area contributed by atoms with Crippen molar-refractivity contribution >= 4 is 46.1 Å². The van der Waals surface area contributed by atoms with Gasteiger partial charge in [0.05, 0.1) is 13.5 Å². The van der Waals surface area contributed by atoms with E-state index in [-0.39, 0.29) is 24.8 Å². The lowest BCUT2D eigenvalue weighted by molar-refractivity contribution is -0.141. The SMILES string of the molecule is COC(=O)CNC(=O)Cc1ccc(NC(=O)c2ccc(C)c(I)c2)cc1. The molecule has 7 heteroatoms. The van der Waals surface area contributed by atoms with Crippen LogP contribution in [0.25, 0.3) is 0 Å². The number of hydrogen-bond acceptors (Lipinski definition) is 4. The summed E-state index contributed by atoms with van der Waals surface area (Å²) in [6.45, 7) is 1.84. The molecule has 0 aliphatic rings. The van der Waals surface area contributed by atoms with Crippen LogP contribution in [-0.2, 0) is 20.7 Å². The van der Waals surface area contributed by atoms with Gasteiger partial charge in [-0.3, -0.25) is 14.4 Å². The molecule has 2 aromatic carbocycles. The number of amides is 2. The molecule has 0 saturated heterocycles. The average Bonchev–Trinajstić information content (AvgIpc) is 2.63. The maximum atomic E-state index is 12.3. The summed E-state index contributed by atoms with van der Waals surface area (Å²) in [6, 6.07) is 12.5. The lowest BCUT2D eigenvalue weighted by atomic mass is 10.1. The Hall–Kier alpha value is -2.42. The van der Waals surface area contributed by atoms with Gasteiger partial charge in [0.25, 0.3) is 5.91 Å². The van der Waals surface area contributed by atoms with Gasteiger partial charge in [0.2, 0.25) is 5.91 Å². The highest BCUT2D eigenvalue weighted by atomic mass is 127. The fraction of sp³-hybridized carbons (Fsp3) is 0.211. The van der Waals surface area contributed by atoms with E-state index in [2.05, 4.69) is 38.0 Å². The van der Waals surface area contributed by atoms with Gasteiger partial charge in [-0.15, -0.1) is 0 Å². The molecule has 0 radical (unpaired) electrons. The Kier molecular flexibility index (Phi) is 7.14. The van der Waals surface area contributed by atoms with Crippen LogP contribution in [0.3, 0.4) is 0 Å². The van der Waals surface area contributed by atoms with Gasteiger partial charge in [-0.25, -0.2) is 0 Å². The molecule has 0 spiro atoms. The van der Waals surface area contributed by atoms with Crippen LogP contribution in [0.15, 0.2) is 42.5 Å². The lowest BCUT2D eigenvalue weighted by Crippen LogP contribution is -2.31. The second-order valence-electron chi connectivity index (χ2n) is 5.64. The fourth-order valence-electron chi connectivity index (χ4n) is 2.13. The van der Waals surface area contributed by atoms with Gasteiger partial charge in [0.1, 0.15) is 6.54 Å². The van der Waals surface area contributed by atoms with E-state index in [4.69, 9.17) is 0 Å². The van der Waals surface area contributed by atoms with Crippen molar-refractivity contribution in [3.05, 3.63) is 62.7 Å². The Morgan fingerprint density at radius 2 is 1.77 bits per heavy atom. The van der Waals surface area contributed by atoms with Gasteiger partial charge in [-0.1, -0.05) is 18.2 Å². The third kappa shape index (κ3) is 5.83. The number of hydrogen-bond donors (Lipinski definition) is 2. The van der Waals surface area contributed by atoms with Crippen molar-refractivity contribution < 1.29 is 19.1 Å². The van der Waals surface area contributed by atoms with Gasteiger partial charge in [-0.2, -0.15) is 0 Å². The van der Waals surface area contributed by atoms with E-state index >= 15 is 0 Å². The smallest absolute Gasteiger partial charge is 0.325 e. The predicted molar refractivity (Wildman–Crippen MR) is 107 cm³/mol. The quantitative estimate of drug-likeness (QED) is 0.507. The Bertz CT molecular complexity index is 819. The molecule has 0 heterocycles. The Morgan fingerprint density at radius 1 is 1.08 bits per heavy atom. The summed E-state index contributed by atoms with van der Waals surface area (Å²) in [5, 5.41) is 5.31. The van der Waals surface area contributed by atoms with Crippen molar-refractivity contribution in [1.29, 1.82) is 0 Å².